The van der Waals surface area contributed by atoms with Crippen molar-refractivity contribution in [3.8, 4) is 0 Å². The fourth-order valence-electron chi connectivity index (χ4n) is 3.44. The molecule has 2 aliphatic heterocycles. The van der Waals surface area contributed by atoms with Crippen LogP contribution in [0.5, 0.6) is 0 Å². The molecule has 0 radical (unpaired) electrons. The summed E-state index contributed by atoms with van der Waals surface area (Å²) < 4.78 is 38.8. The van der Waals surface area contributed by atoms with Gasteiger partial charge in [0.1, 0.15) is 12.4 Å². The number of amides is 2. The summed E-state index contributed by atoms with van der Waals surface area (Å²) in [5, 5.41) is 4.93. The highest BCUT2D eigenvalue weighted by molar-refractivity contribution is 7.89. The Balaban J connectivity index is 1.58. The summed E-state index contributed by atoms with van der Waals surface area (Å²) >= 11 is 0. The Hall–Kier alpha value is -2.93. The van der Waals surface area contributed by atoms with Crippen molar-refractivity contribution < 1.29 is 32.3 Å². The van der Waals surface area contributed by atoms with E-state index in [1.54, 1.807) is 25.5 Å². The minimum absolute atomic E-state index is 0.0152. The van der Waals surface area contributed by atoms with Crippen LogP contribution in [0, 0.1) is 12.8 Å². The molecule has 1 saturated heterocycles. The van der Waals surface area contributed by atoms with E-state index in [1.807, 2.05) is 0 Å². The number of rotatable bonds is 7. The molecule has 0 aromatic carbocycles. The fraction of sp³-hybridized carbons (Fsp3) is 0.579. The van der Waals surface area contributed by atoms with Crippen molar-refractivity contribution in [1.82, 2.24) is 24.5 Å². The van der Waals surface area contributed by atoms with E-state index in [2.05, 4.69) is 15.6 Å². The molecule has 2 aliphatic rings. The first-order chi connectivity index (χ1) is 15.1. The average molecular weight is 470 g/mol. The van der Waals surface area contributed by atoms with Crippen LogP contribution in [-0.4, -0.2) is 73.1 Å². The van der Waals surface area contributed by atoms with Crippen LogP contribution in [0.1, 0.15) is 25.6 Å². The van der Waals surface area contributed by atoms with E-state index >= 15 is 0 Å². The highest BCUT2D eigenvalue weighted by Crippen LogP contribution is 2.24. The SMILES string of the molecule is CCOC(=O)C1=C(COC(=O)C2CCN(S(=O)(=O)c3cn(C)c(C)n3)CC2)NC(=O)NC1. The van der Waals surface area contributed by atoms with Gasteiger partial charge in [0.05, 0.1) is 30.3 Å². The third-order valence-electron chi connectivity index (χ3n) is 5.41. The number of piperidine rings is 1. The normalized spacial score (nSPS) is 18.2. The van der Waals surface area contributed by atoms with Gasteiger partial charge in [-0.1, -0.05) is 0 Å². The molecule has 176 valence electrons. The Morgan fingerprint density at radius 3 is 2.53 bits per heavy atom. The number of aromatic nitrogens is 2. The Bertz CT molecular complexity index is 1020. The highest BCUT2D eigenvalue weighted by Gasteiger charge is 2.34. The second kappa shape index (κ2) is 9.69. The lowest BCUT2D eigenvalue weighted by molar-refractivity contribution is -0.149. The van der Waals surface area contributed by atoms with Crippen molar-refractivity contribution in [2.24, 2.45) is 13.0 Å². The van der Waals surface area contributed by atoms with Gasteiger partial charge < -0.3 is 24.7 Å². The number of sulfonamides is 1. The number of aryl methyl sites for hydroxylation is 2. The van der Waals surface area contributed by atoms with E-state index in [-0.39, 0.29) is 49.1 Å². The molecule has 0 atom stereocenters. The van der Waals surface area contributed by atoms with Gasteiger partial charge >= 0.3 is 18.0 Å². The zero-order valence-electron chi connectivity index (χ0n) is 18.2. The van der Waals surface area contributed by atoms with Crippen LogP contribution in [0.25, 0.3) is 0 Å². The predicted molar refractivity (Wildman–Crippen MR) is 111 cm³/mol. The van der Waals surface area contributed by atoms with Gasteiger partial charge in [0.15, 0.2) is 5.03 Å². The largest absolute Gasteiger partial charge is 0.463 e. The number of urea groups is 1. The van der Waals surface area contributed by atoms with Crippen LogP contribution in [0.4, 0.5) is 4.79 Å². The third kappa shape index (κ3) is 5.10. The van der Waals surface area contributed by atoms with Crippen LogP contribution >= 0.6 is 0 Å². The van der Waals surface area contributed by atoms with Crippen LogP contribution in [0.3, 0.4) is 0 Å². The number of hydrogen-bond acceptors (Lipinski definition) is 8. The van der Waals surface area contributed by atoms with Gasteiger partial charge in [0.2, 0.25) is 0 Å². The molecule has 0 unspecified atom stereocenters. The summed E-state index contributed by atoms with van der Waals surface area (Å²) in [7, 11) is -2.02. The van der Waals surface area contributed by atoms with Gasteiger partial charge in [-0.3, -0.25) is 4.79 Å². The maximum absolute atomic E-state index is 12.8. The van der Waals surface area contributed by atoms with Crippen molar-refractivity contribution in [3.63, 3.8) is 0 Å². The van der Waals surface area contributed by atoms with Crippen molar-refractivity contribution in [3.05, 3.63) is 23.3 Å². The second-order valence-corrected chi connectivity index (χ2v) is 9.39. The van der Waals surface area contributed by atoms with Crippen LogP contribution in [0.2, 0.25) is 0 Å². The van der Waals surface area contributed by atoms with E-state index in [9.17, 15) is 22.8 Å². The first kappa shape index (κ1) is 23.7. The second-order valence-electron chi connectivity index (χ2n) is 7.51. The van der Waals surface area contributed by atoms with Crippen LogP contribution in [0.15, 0.2) is 22.5 Å². The van der Waals surface area contributed by atoms with Crippen molar-refractivity contribution in [1.29, 1.82) is 0 Å². The summed E-state index contributed by atoms with van der Waals surface area (Å²) in [6.07, 6.45) is 2.05. The molecule has 1 fully saturated rings. The molecular formula is C19H27N5O7S. The standard InChI is InChI=1S/C19H27N5O7S/c1-4-30-18(26)14-9-20-19(27)22-15(14)11-31-17(25)13-5-7-24(8-6-13)32(28,29)16-10-23(3)12(2)21-16/h10,13H,4-9,11H2,1-3H3,(H2,20,22,27). The molecule has 2 N–H and O–H groups in total. The fourth-order valence-corrected chi connectivity index (χ4v) is 4.94. The van der Waals surface area contributed by atoms with E-state index in [4.69, 9.17) is 9.47 Å². The average Bonchev–Trinajstić information content (AvgIpc) is 3.11. The van der Waals surface area contributed by atoms with Crippen molar-refractivity contribution in [2.45, 2.75) is 31.7 Å². The Morgan fingerprint density at radius 1 is 1.25 bits per heavy atom. The Labute approximate surface area is 186 Å². The molecule has 3 heterocycles. The minimum Gasteiger partial charge on any atom is -0.463 e. The molecule has 0 bridgehead atoms. The number of carbonyl (C=O) groups is 3. The summed E-state index contributed by atoms with van der Waals surface area (Å²) in [6, 6.07) is -0.507. The van der Waals surface area contributed by atoms with Gasteiger partial charge in [-0.05, 0) is 26.7 Å². The highest BCUT2D eigenvalue weighted by atomic mass is 32.2. The monoisotopic (exact) mass is 469 g/mol. The first-order valence-electron chi connectivity index (χ1n) is 10.2. The van der Waals surface area contributed by atoms with Gasteiger partial charge in [-0.25, -0.2) is 23.0 Å². The first-order valence-corrected chi connectivity index (χ1v) is 11.7. The molecule has 32 heavy (non-hydrogen) atoms. The molecule has 1 aromatic heterocycles. The van der Waals surface area contributed by atoms with Gasteiger partial charge in [0, 0.05) is 26.3 Å². The molecule has 3 rings (SSSR count). The maximum atomic E-state index is 12.8. The molecule has 13 heteroatoms. The number of nitrogens with zero attached hydrogens (tertiary/aromatic N) is 3. The topological polar surface area (TPSA) is 149 Å². The van der Waals surface area contributed by atoms with Gasteiger partial charge in [-0.2, -0.15) is 4.31 Å². The number of hydrogen-bond donors (Lipinski definition) is 2. The van der Waals surface area contributed by atoms with Gasteiger partial charge in [-0.15, -0.1) is 0 Å². The van der Waals surface area contributed by atoms with E-state index < -0.39 is 33.9 Å². The molecule has 0 spiro atoms. The van der Waals surface area contributed by atoms with E-state index in [0.29, 0.717) is 18.7 Å². The maximum Gasteiger partial charge on any atom is 0.337 e. The Morgan fingerprint density at radius 2 is 1.94 bits per heavy atom. The summed E-state index contributed by atoms with van der Waals surface area (Å²) in [6.45, 7) is 3.56. The summed E-state index contributed by atoms with van der Waals surface area (Å²) in [4.78, 5) is 40.3. The summed E-state index contributed by atoms with van der Waals surface area (Å²) in [5.41, 5.74) is 0.358. The number of esters is 2. The zero-order chi connectivity index (χ0) is 23.5. The molecular weight excluding hydrogens is 442 g/mol. The Kier molecular flexibility index (Phi) is 7.19. The zero-order valence-corrected chi connectivity index (χ0v) is 19.0. The lowest BCUT2D eigenvalue weighted by Crippen LogP contribution is -2.45. The number of carbonyl (C=O) groups excluding carboxylic acids is 3. The molecule has 0 saturated carbocycles. The quantitative estimate of drug-likeness (QED) is 0.522. The van der Waals surface area contributed by atoms with E-state index in [1.165, 1.54) is 10.5 Å². The molecule has 2 amide bonds. The van der Waals surface area contributed by atoms with Gasteiger partial charge in [0.25, 0.3) is 10.0 Å². The smallest absolute Gasteiger partial charge is 0.337 e. The lowest BCUT2D eigenvalue weighted by atomic mass is 9.98. The van der Waals surface area contributed by atoms with Crippen molar-refractivity contribution >= 4 is 28.0 Å². The number of nitrogens with one attached hydrogen (secondary N) is 2. The predicted octanol–water partition coefficient (Wildman–Crippen LogP) is -0.198. The number of ether oxygens (including phenoxy) is 2. The number of imidazole rings is 1. The van der Waals surface area contributed by atoms with Crippen molar-refractivity contribution in [2.75, 3.05) is 32.8 Å². The molecule has 0 aliphatic carbocycles. The summed E-state index contributed by atoms with van der Waals surface area (Å²) in [5.74, 6) is -1.02. The van der Waals surface area contributed by atoms with E-state index in [0.717, 1.165) is 0 Å². The van der Waals surface area contributed by atoms with Crippen LogP contribution < -0.4 is 10.6 Å². The molecule has 1 aromatic rings. The van der Waals surface area contributed by atoms with Crippen LogP contribution in [-0.2, 0) is 36.1 Å². The minimum atomic E-state index is -3.73. The molecule has 12 nitrogen and oxygen atoms in total. The third-order valence-corrected chi connectivity index (χ3v) is 7.18. The lowest BCUT2D eigenvalue weighted by Gasteiger charge is -2.29.